The fourth-order valence-corrected chi connectivity index (χ4v) is 5.85. The van der Waals surface area contributed by atoms with Crippen LogP contribution in [0.1, 0.15) is 73.7 Å². The molecule has 1 heterocycles. The predicted molar refractivity (Wildman–Crippen MR) is 138 cm³/mol. The van der Waals surface area contributed by atoms with Crippen LogP contribution in [-0.2, 0) is 12.6 Å². The van der Waals surface area contributed by atoms with Crippen LogP contribution in [0.15, 0.2) is 66.7 Å². The van der Waals surface area contributed by atoms with E-state index in [9.17, 15) is 27.9 Å². The summed E-state index contributed by atoms with van der Waals surface area (Å²) in [5.41, 5.74) is -0.736. The summed E-state index contributed by atoms with van der Waals surface area (Å²) in [6, 6.07) is 15.0. The lowest BCUT2D eigenvalue weighted by Gasteiger charge is -2.15. The first-order chi connectivity index (χ1) is 19.1. The van der Waals surface area contributed by atoms with E-state index < -0.39 is 40.8 Å². The summed E-state index contributed by atoms with van der Waals surface area (Å²) in [5, 5.41) is 14.5. The summed E-state index contributed by atoms with van der Waals surface area (Å²) < 4.78 is 58.1. The minimum atomic E-state index is -4.82. The molecule has 6 rings (SSSR count). The van der Waals surface area contributed by atoms with E-state index in [-0.39, 0.29) is 33.8 Å². The maximum Gasteiger partial charge on any atom is 0.417 e. The molecule has 0 saturated heterocycles. The minimum Gasteiger partial charge on any atom is -0.380 e. The number of carbonyl (C=O) groups is 2. The van der Waals surface area contributed by atoms with Crippen LogP contribution in [0, 0.1) is 11.7 Å². The maximum absolute atomic E-state index is 15.5. The zero-order chi connectivity index (χ0) is 28.3. The Morgan fingerprint density at radius 2 is 1.80 bits per heavy atom. The molecule has 1 N–H and O–H groups in total. The van der Waals surface area contributed by atoms with Crippen molar-refractivity contribution in [3.05, 3.63) is 117 Å². The average Bonchev–Trinajstić information content (AvgIpc) is 3.64. The number of nitrogens with zero attached hydrogens (tertiary/aromatic N) is 2. The second-order valence-corrected chi connectivity index (χ2v) is 10.5. The van der Waals surface area contributed by atoms with Crippen molar-refractivity contribution in [1.29, 1.82) is 0 Å². The lowest BCUT2D eigenvalue weighted by molar-refractivity contribution is -0.137. The zero-order valence-electron chi connectivity index (χ0n) is 20.8. The van der Waals surface area contributed by atoms with E-state index in [0.717, 1.165) is 31.0 Å². The van der Waals surface area contributed by atoms with Gasteiger partial charge in [-0.15, -0.1) is 0 Å². The first kappa shape index (κ1) is 26.4. The third-order valence-electron chi connectivity index (χ3n) is 7.65. The molecule has 0 amide bonds. The molecule has 5 nitrogen and oxygen atoms in total. The summed E-state index contributed by atoms with van der Waals surface area (Å²) in [4.78, 5) is 26.5. The van der Waals surface area contributed by atoms with Crippen LogP contribution in [-0.4, -0.2) is 26.5 Å². The van der Waals surface area contributed by atoms with Gasteiger partial charge in [0.25, 0.3) is 0 Å². The molecule has 3 unspecified atom stereocenters. The third kappa shape index (κ3) is 4.43. The molecule has 1 aromatic heterocycles. The Kier molecular flexibility index (Phi) is 6.39. The van der Waals surface area contributed by atoms with Gasteiger partial charge in [0.05, 0.1) is 16.1 Å². The first-order valence-corrected chi connectivity index (χ1v) is 13.0. The van der Waals surface area contributed by atoms with Gasteiger partial charge in [0.1, 0.15) is 23.3 Å². The molecule has 0 spiro atoms. The Hall–Kier alpha value is -3.82. The van der Waals surface area contributed by atoms with Crippen molar-refractivity contribution in [1.82, 2.24) is 9.78 Å². The van der Waals surface area contributed by atoms with Gasteiger partial charge in [-0.2, -0.15) is 18.3 Å². The predicted octanol–water partition coefficient (Wildman–Crippen LogP) is 6.88. The molecular formula is C30H21ClF4N2O3. The Morgan fingerprint density at radius 1 is 1.05 bits per heavy atom. The Bertz CT molecular complexity index is 1670. The highest BCUT2D eigenvalue weighted by molar-refractivity contribution is 6.35. The van der Waals surface area contributed by atoms with Gasteiger partial charge in [-0.05, 0) is 67.0 Å². The van der Waals surface area contributed by atoms with Gasteiger partial charge in [0, 0.05) is 16.8 Å². The number of aromatic nitrogens is 2. The van der Waals surface area contributed by atoms with Crippen LogP contribution in [0.25, 0.3) is 5.69 Å². The molecule has 0 radical (unpaired) electrons. The fraction of sp³-hybridized carbons (Fsp3) is 0.233. The van der Waals surface area contributed by atoms with Gasteiger partial charge in [0.15, 0.2) is 5.78 Å². The minimum absolute atomic E-state index is 0.0572. The molecule has 40 heavy (non-hydrogen) atoms. The number of hydrogen-bond acceptors (Lipinski definition) is 4. The SMILES string of the molecule is O=C(c1nn(-c2ccc(C(=O)C(O)c3ccccc3)cc2F)c2c1C1CC1CC2)c1c(Cl)cccc1C(F)(F)F. The smallest absolute Gasteiger partial charge is 0.380 e. The lowest BCUT2D eigenvalue weighted by Crippen LogP contribution is -2.16. The number of carbonyl (C=O) groups excluding carboxylic acids is 2. The number of benzene rings is 3. The van der Waals surface area contributed by atoms with Crippen molar-refractivity contribution >= 4 is 23.2 Å². The number of ketones is 2. The molecule has 10 heteroatoms. The number of alkyl halides is 3. The summed E-state index contributed by atoms with van der Waals surface area (Å²) in [6.07, 6.45) is -4.31. The third-order valence-corrected chi connectivity index (χ3v) is 7.97. The van der Waals surface area contributed by atoms with E-state index in [2.05, 4.69) is 5.10 Å². The Balaban J connectivity index is 1.42. The van der Waals surface area contributed by atoms with Crippen molar-refractivity contribution in [2.75, 3.05) is 0 Å². The van der Waals surface area contributed by atoms with Gasteiger partial charge in [0.2, 0.25) is 5.78 Å². The van der Waals surface area contributed by atoms with Gasteiger partial charge < -0.3 is 5.11 Å². The molecule has 3 aromatic carbocycles. The maximum atomic E-state index is 15.5. The van der Waals surface area contributed by atoms with Crippen LogP contribution >= 0.6 is 11.6 Å². The van der Waals surface area contributed by atoms with Crippen LogP contribution < -0.4 is 0 Å². The highest BCUT2D eigenvalue weighted by atomic mass is 35.5. The molecule has 4 aromatic rings. The molecule has 1 fully saturated rings. The number of Topliss-reactive ketones (excluding diaryl/α,β-unsaturated/α-hetero) is 1. The van der Waals surface area contributed by atoms with Crippen LogP contribution in [0.4, 0.5) is 17.6 Å². The summed E-state index contributed by atoms with van der Waals surface area (Å²) in [7, 11) is 0. The van der Waals surface area contributed by atoms with E-state index in [4.69, 9.17) is 11.6 Å². The van der Waals surface area contributed by atoms with Crippen LogP contribution in [0.5, 0.6) is 0 Å². The molecule has 2 aliphatic rings. The molecular weight excluding hydrogens is 548 g/mol. The second kappa shape index (κ2) is 9.67. The van der Waals surface area contributed by atoms with Crippen molar-refractivity contribution in [2.24, 2.45) is 5.92 Å². The fourth-order valence-electron chi connectivity index (χ4n) is 5.59. The Morgan fingerprint density at radius 3 is 2.50 bits per heavy atom. The highest BCUT2D eigenvalue weighted by Crippen LogP contribution is 2.56. The van der Waals surface area contributed by atoms with Crippen molar-refractivity contribution in [2.45, 2.75) is 37.5 Å². The lowest BCUT2D eigenvalue weighted by atomic mass is 9.91. The number of hydrogen-bond donors (Lipinski definition) is 1. The second-order valence-electron chi connectivity index (χ2n) is 10.1. The molecule has 204 valence electrons. The number of rotatable bonds is 6. The molecule has 1 saturated carbocycles. The average molecular weight is 569 g/mol. The largest absolute Gasteiger partial charge is 0.417 e. The topological polar surface area (TPSA) is 72.2 Å². The highest BCUT2D eigenvalue weighted by Gasteiger charge is 2.48. The number of aliphatic hydroxyl groups is 1. The monoisotopic (exact) mass is 568 g/mol. The first-order valence-electron chi connectivity index (χ1n) is 12.7. The number of fused-ring (bicyclic) bond motifs is 3. The van der Waals surface area contributed by atoms with E-state index in [0.29, 0.717) is 23.2 Å². The molecule has 0 bridgehead atoms. The Labute approximate surface area is 231 Å². The van der Waals surface area contributed by atoms with E-state index in [1.54, 1.807) is 30.3 Å². The molecule has 3 atom stereocenters. The number of halogens is 5. The van der Waals surface area contributed by atoms with Gasteiger partial charge >= 0.3 is 6.18 Å². The van der Waals surface area contributed by atoms with Crippen molar-refractivity contribution < 1.29 is 32.3 Å². The van der Waals surface area contributed by atoms with E-state index in [1.807, 2.05) is 0 Å². The summed E-state index contributed by atoms with van der Waals surface area (Å²) in [6.45, 7) is 0. The molecule has 0 aliphatic heterocycles. The van der Waals surface area contributed by atoms with E-state index in [1.165, 1.54) is 22.9 Å². The van der Waals surface area contributed by atoms with Gasteiger partial charge in [-0.3, -0.25) is 9.59 Å². The van der Waals surface area contributed by atoms with Crippen LogP contribution in [0.2, 0.25) is 5.02 Å². The van der Waals surface area contributed by atoms with Crippen molar-refractivity contribution in [3.8, 4) is 5.69 Å². The normalized spacial score (nSPS) is 18.6. The molecule has 2 aliphatic carbocycles. The number of aliphatic hydroxyl groups excluding tert-OH is 1. The van der Waals surface area contributed by atoms with Crippen LogP contribution in [0.3, 0.4) is 0 Å². The van der Waals surface area contributed by atoms with Gasteiger partial charge in [-0.25, -0.2) is 9.07 Å². The zero-order valence-corrected chi connectivity index (χ0v) is 21.5. The summed E-state index contributed by atoms with van der Waals surface area (Å²) >= 11 is 6.11. The van der Waals surface area contributed by atoms with Gasteiger partial charge in [-0.1, -0.05) is 48.0 Å². The standard InChI is InChI=1S/C30H21ClF4N2O3/c31-20-8-4-7-19(30(33,34)35)25(20)29(40)26-24-18-13-16(18)9-12-23(24)37(36-26)22-11-10-17(14-21(22)32)28(39)27(38)15-5-2-1-3-6-15/h1-8,10-11,14,16,18,27,38H,9,12-13H2. The van der Waals surface area contributed by atoms with Crippen molar-refractivity contribution in [3.63, 3.8) is 0 Å². The van der Waals surface area contributed by atoms with E-state index >= 15 is 4.39 Å². The quantitative estimate of drug-likeness (QED) is 0.203. The summed E-state index contributed by atoms with van der Waals surface area (Å²) in [5.74, 6) is -2.28.